The van der Waals surface area contributed by atoms with E-state index in [0.717, 1.165) is 17.7 Å². The lowest BCUT2D eigenvalue weighted by Crippen LogP contribution is -2.02. The summed E-state index contributed by atoms with van der Waals surface area (Å²) >= 11 is 0. The smallest absolute Gasteiger partial charge is 0.212 e. The number of ether oxygens (including phenoxy) is 1. The molecule has 2 aromatic heterocycles. The van der Waals surface area contributed by atoms with E-state index in [1.165, 1.54) is 0 Å². The second kappa shape index (κ2) is 4.22. The number of aryl methyl sites for hydroxylation is 1. The Hall–Kier alpha value is -2.04. The Morgan fingerprint density at radius 3 is 2.69 bits per heavy atom. The number of pyridine rings is 1. The molecule has 2 aromatic rings. The van der Waals surface area contributed by atoms with E-state index in [0.29, 0.717) is 11.7 Å². The van der Waals surface area contributed by atoms with Crippen LogP contribution in [0, 0.1) is 0 Å². The van der Waals surface area contributed by atoms with Gasteiger partial charge in [0, 0.05) is 29.9 Å². The second-order valence-electron chi connectivity index (χ2n) is 3.35. The number of nitrogen functional groups attached to an aromatic ring is 1. The molecule has 2 heterocycles. The average Bonchev–Trinajstić information content (AvgIpc) is 2.70. The van der Waals surface area contributed by atoms with E-state index < -0.39 is 0 Å². The summed E-state index contributed by atoms with van der Waals surface area (Å²) in [5, 5.41) is 4.19. The minimum atomic E-state index is 0.588. The predicted octanol–water partition coefficient (Wildman–Crippen LogP) is 1.56. The summed E-state index contributed by atoms with van der Waals surface area (Å²) in [5.74, 6) is 1.25. The van der Waals surface area contributed by atoms with E-state index in [1.807, 2.05) is 13.0 Å². The largest absolute Gasteiger partial charge is 0.481 e. The molecule has 0 radical (unpaired) electrons. The Morgan fingerprint density at radius 1 is 1.38 bits per heavy atom. The molecule has 84 valence electrons. The van der Waals surface area contributed by atoms with Crippen molar-refractivity contribution in [3.63, 3.8) is 0 Å². The number of hydrogen-bond donors (Lipinski definition) is 1. The Labute approximate surface area is 93.9 Å². The van der Waals surface area contributed by atoms with Gasteiger partial charge in [-0.15, -0.1) is 0 Å². The third-order valence-electron chi connectivity index (χ3n) is 2.44. The number of nitrogens with two attached hydrogens (primary N) is 1. The van der Waals surface area contributed by atoms with Crippen LogP contribution in [0.3, 0.4) is 0 Å². The summed E-state index contributed by atoms with van der Waals surface area (Å²) in [6.45, 7) is 2.76. The van der Waals surface area contributed by atoms with Gasteiger partial charge in [0.05, 0.1) is 13.3 Å². The van der Waals surface area contributed by atoms with E-state index >= 15 is 0 Å². The molecule has 0 aliphatic heterocycles. The van der Waals surface area contributed by atoms with Gasteiger partial charge in [0.25, 0.3) is 0 Å². The molecule has 0 unspecified atom stereocenters. The number of aromatic nitrogens is 3. The fourth-order valence-corrected chi connectivity index (χ4v) is 1.53. The van der Waals surface area contributed by atoms with Crippen molar-refractivity contribution in [2.24, 2.45) is 0 Å². The van der Waals surface area contributed by atoms with Gasteiger partial charge >= 0.3 is 0 Å². The van der Waals surface area contributed by atoms with Crippen LogP contribution in [-0.4, -0.2) is 21.9 Å². The van der Waals surface area contributed by atoms with Crippen LogP contribution in [-0.2, 0) is 6.54 Å². The van der Waals surface area contributed by atoms with Crippen LogP contribution in [0.5, 0.6) is 5.88 Å². The fourth-order valence-electron chi connectivity index (χ4n) is 1.53. The molecule has 2 rings (SSSR count). The molecule has 0 saturated heterocycles. The summed E-state index contributed by atoms with van der Waals surface area (Å²) in [5.41, 5.74) is 7.80. The van der Waals surface area contributed by atoms with Gasteiger partial charge in [-0.1, -0.05) is 0 Å². The van der Waals surface area contributed by atoms with Gasteiger partial charge in [-0.05, 0) is 13.0 Å². The van der Waals surface area contributed by atoms with Gasteiger partial charge in [-0.25, -0.2) is 9.67 Å². The third kappa shape index (κ3) is 1.71. The highest BCUT2D eigenvalue weighted by Crippen LogP contribution is 2.25. The number of anilines is 1. The standard InChI is InChI=1S/C11H14N4O/c1-3-15-11(12)9(7-14-15)8-4-5-10(16-2)13-6-8/h4-7H,3,12H2,1-2H3. The molecule has 0 aliphatic rings. The molecule has 0 fully saturated rings. The molecule has 0 atom stereocenters. The van der Waals surface area contributed by atoms with Crippen molar-refractivity contribution in [3.8, 4) is 17.0 Å². The summed E-state index contributed by atoms with van der Waals surface area (Å²) in [4.78, 5) is 4.13. The minimum absolute atomic E-state index is 0.588. The highest BCUT2D eigenvalue weighted by molar-refractivity contribution is 5.72. The zero-order chi connectivity index (χ0) is 11.5. The molecule has 0 aromatic carbocycles. The fraction of sp³-hybridized carbons (Fsp3) is 0.273. The number of methoxy groups -OCH3 is 1. The van der Waals surface area contributed by atoms with E-state index in [1.54, 1.807) is 30.3 Å². The van der Waals surface area contributed by atoms with E-state index in [-0.39, 0.29) is 0 Å². The second-order valence-corrected chi connectivity index (χ2v) is 3.35. The third-order valence-corrected chi connectivity index (χ3v) is 2.44. The highest BCUT2D eigenvalue weighted by atomic mass is 16.5. The van der Waals surface area contributed by atoms with Gasteiger partial charge in [-0.2, -0.15) is 5.10 Å². The van der Waals surface area contributed by atoms with E-state index in [9.17, 15) is 0 Å². The average molecular weight is 218 g/mol. The zero-order valence-electron chi connectivity index (χ0n) is 9.34. The molecule has 5 heteroatoms. The van der Waals surface area contributed by atoms with E-state index in [4.69, 9.17) is 10.5 Å². The molecule has 0 amide bonds. The van der Waals surface area contributed by atoms with Crippen LogP contribution in [0.25, 0.3) is 11.1 Å². The number of nitrogens with zero attached hydrogens (tertiary/aromatic N) is 3. The molecule has 2 N–H and O–H groups in total. The van der Waals surface area contributed by atoms with E-state index in [2.05, 4.69) is 10.1 Å². The monoisotopic (exact) mass is 218 g/mol. The summed E-state index contributed by atoms with van der Waals surface area (Å²) in [6.07, 6.45) is 3.48. The number of hydrogen-bond acceptors (Lipinski definition) is 4. The topological polar surface area (TPSA) is 66.0 Å². The van der Waals surface area contributed by atoms with Crippen LogP contribution in [0.15, 0.2) is 24.5 Å². The Kier molecular flexibility index (Phi) is 2.76. The summed E-state index contributed by atoms with van der Waals surface area (Å²) < 4.78 is 6.75. The van der Waals surface area contributed by atoms with Crippen molar-refractivity contribution < 1.29 is 4.74 Å². The molecular weight excluding hydrogens is 204 g/mol. The van der Waals surface area contributed by atoms with Gasteiger partial charge in [0.2, 0.25) is 5.88 Å². The molecule has 0 saturated carbocycles. The SMILES string of the molecule is CCn1ncc(-c2ccc(OC)nc2)c1N. The minimum Gasteiger partial charge on any atom is -0.481 e. The molecule has 0 bridgehead atoms. The Balaban J connectivity index is 2.38. The lowest BCUT2D eigenvalue weighted by Gasteiger charge is -2.03. The first-order valence-electron chi connectivity index (χ1n) is 5.08. The Morgan fingerprint density at radius 2 is 2.19 bits per heavy atom. The maximum absolute atomic E-state index is 5.96. The van der Waals surface area contributed by atoms with Crippen LogP contribution < -0.4 is 10.5 Å². The Bertz CT molecular complexity index is 475. The first-order chi connectivity index (χ1) is 7.76. The molecular formula is C11H14N4O. The van der Waals surface area contributed by atoms with Crippen LogP contribution in [0.4, 0.5) is 5.82 Å². The molecule has 0 spiro atoms. The lowest BCUT2D eigenvalue weighted by atomic mass is 10.1. The molecule has 0 aliphatic carbocycles. The van der Waals surface area contributed by atoms with Crippen molar-refractivity contribution >= 4 is 5.82 Å². The first kappa shape index (κ1) is 10.5. The number of rotatable bonds is 3. The van der Waals surface area contributed by atoms with Crippen molar-refractivity contribution in [1.82, 2.24) is 14.8 Å². The lowest BCUT2D eigenvalue weighted by molar-refractivity contribution is 0.398. The van der Waals surface area contributed by atoms with Crippen molar-refractivity contribution in [1.29, 1.82) is 0 Å². The first-order valence-corrected chi connectivity index (χ1v) is 5.08. The van der Waals surface area contributed by atoms with Crippen molar-refractivity contribution in [2.45, 2.75) is 13.5 Å². The summed E-state index contributed by atoms with van der Waals surface area (Å²) in [6, 6.07) is 3.72. The van der Waals surface area contributed by atoms with Gasteiger partial charge in [0.1, 0.15) is 5.82 Å². The summed E-state index contributed by atoms with van der Waals surface area (Å²) in [7, 11) is 1.59. The van der Waals surface area contributed by atoms with Crippen LogP contribution in [0.2, 0.25) is 0 Å². The molecule has 16 heavy (non-hydrogen) atoms. The van der Waals surface area contributed by atoms with Gasteiger partial charge in [0.15, 0.2) is 0 Å². The quantitative estimate of drug-likeness (QED) is 0.848. The molecule has 5 nitrogen and oxygen atoms in total. The van der Waals surface area contributed by atoms with Crippen molar-refractivity contribution in [2.75, 3.05) is 12.8 Å². The maximum Gasteiger partial charge on any atom is 0.212 e. The normalized spacial score (nSPS) is 10.4. The predicted molar refractivity (Wildman–Crippen MR) is 62.1 cm³/mol. The maximum atomic E-state index is 5.96. The van der Waals surface area contributed by atoms with Gasteiger partial charge in [-0.3, -0.25) is 0 Å². The highest BCUT2D eigenvalue weighted by Gasteiger charge is 2.08. The zero-order valence-corrected chi connectivity index (χ0v) is 9.34. The van der Waals surface area contributed by atoms with Crippen LogP contribution in [0.1, 0.15) is 6.92 Å². The van der Waals surface area contributed by atoms with Crippen LogP contribution >= 0.6 is 0 Å². The van der Waals surface area contributed by atoms with Crippen molar-refractivity contribution in [3.05, 3.63) is 24.5 Å². The van der Waals surface area contributed by atoms with Gasteiger partial charge < -0.3 is 10.5 Å².